The first-order chi connectivity index (χ1) is 15.3. The molecule has 0 fully saturated rings. The number of fused-ring (bicyclic) bond motifs is 3. The fourth-order valence-electron chi connectivity index (χ4n) is 6.06. The molecule has 3 aliphatic carbocycles. The molecule has 0 saturated heterocycles. The summed E-state index contributed by atoms with van der Waals surface area (Å²) in [4.78, 5) is 38.7. The molecule has 0 bridgehead atoms. The van der Waals surface area contributed by atoms with E-state index < -0.39 is 57.9 Å². The summed E-state index contributed by atoms with van der Waals surface area (Å²) >= 11 is 0. The molecule has 0 aliphatic heterocycles. The monoisotopic (exact) mass is 455 g/mol. The van der Waals surface area contributed by atoms with Crippen LogP contribution in [0.4, 0.5) is 0 Å². The number of ketones is 2. The Bertz CT molecular complexity index is 1160. The minimum Gasteiger partial charge on any atom is -0.511 e. The number of benzene rings is 1. The number of aliphatic hydroxyl groups excluding tert-OH is 2. The molecule has 6 N–H and O–H groups in total. The van der Waals surface area contributed by atoms with Crippen molar-refractivity contribution >= 4 is 17.5 Å². The van der Waals surface area contributed by atoms with E-state index in [0.29, 0.717) is 12.0 Å². The fraction of sp³-hybridized carbons (Fsp3) is 0.480. The van der Waals surface area contributed by atoms with Gasteiger partial charge in [0.2, 0.25) is 5.78 Å². The molecule has 0 radical (unpaired) electrons. The SMILES string of the molecule is CC(C)c1ccc(O)c2c1CC1C[C@H]3[C@H](C(C)C)C(O)=C(C(N)=O)C(=O)[C@@]3(O)C(O)=C1C2=O. The molecule has 0 spiro atoms. The van der Waals surface area contributed by atoms with Crippen LogP contribution in [0, 0.1) is 23.7 Å². The number of amides is 1. The van der Waals surface area contributed by atoms with Gasteiger partial charge in [0.25, 0.3) is 5.91 Å². The molecule has 3 aliphatic rings. The molecule has 8 heteroatoms. The molecular weight excluding hydrogens is 426 g/mol. The highest BCUT2D eigenvalue weighted by Gasteiger charge is 2.63. The summed E-state index contributed by atoms with van der Waals surface area (Å²) in [5.41, 5.74) is 3.50. The van der Waals surface area contributed by atoms with Crippen molar-refractivity contribution in [2.75, 3.05) is 0 Å². The molecule has 0 aromatic heterocycles. The maximum atomic E-state index is 13.5. The third-order valence-corrected chi connectivity index (χ3v) is 7.51. The Morgan fingerprint density at radius 1 is 1.12 bits per heavy atom. The topological polar surface area (TPSA) is 158 Å². The average molecular weight is 456 g/mol. The average Bonchev–Trinajstić information content (AvgIpc) is 2.70. The Hall–Kier alpha value is -3.13. The standard InChI is InChI=1S/C25H29NO7/c1-9(2)12-5-6-15(27)18-13(12)7-11-8-14-16(10(3)4)20(28)19(24(26)32)23(31)25(14,33)22(30)17(11)21(18)29/h5-6,9-11,14,16,27-28,30,33H,7-8H2,1-4H3,(H2,26,32)/t11?,14-,16-,25-/m0/s1. The summed E-state index contributed by atoms with van der Waals surface area (Å²) in [6.07, 6.45) is 0.445. The van der Waals surface area contributed by atoms with Gasteiger partial charge in [0, 0.05) is 17.4 Å². The first kappa shape index (κ1) is 23.0. The maximum absolute atomic E-state index is 13.5. The molecule has 0 heterocycles. The van der Waals surface area contributed by atoms with E-state index in [9.17, 15) is 34.8 Å². The number of Topliss-reactive ketones (excluding diaryl/α,β-unsaturated/α-hetero) is 2. The number of aromatic hydroxyl groups is 1. The Morgan fingerprint density at radius 2 is 1.76 bits per heavy atom. The van der Waals surface area contributed by atoms with Crippen LogP contribution in [0.15, 0.2) is 34.8 Å². The quantitative estimate of drug-likeness (QED) is 0.438. The van der Waals surface area contributed by atoms with E-state index in [2.05, 4.69) is 0 Å². The van der Waals surface area contributed by atoms with E-state index in [1.807, 2.05) is 13.8 Å². The predicted molar refractivity (Wildman–Crippen MR) is 119 cm³/mol. The number of primary amides is 1. The zero-order valence-electron chi connectivity index (χ0n) is 19.0. The number of phenolic OH excluding ortho intramolecular Hbond substituents is 1. The van der Waals surface area contributed by atoms with Gasteiger partial charge >= 0.3 is 0 Å². The number of aliphatic hydroxyl groups is 3. The predicted octanol–water partition coefficient (Wildman–Crippen LogP) is 2.59. The second-order valence-corrected chi connectivity index (χ2v) is 10.0. The van der Waals surface area contributed by atoms with E-state index in [-0.39, 0.29) is 35.1 Å². The van der Waals surface area contributed by atoms with E-state index in [1.54, 1.807) is 19.9 Å². The van der Waals surface area contributed by atoms with Gasteiger partial charge in [-0.15, -0.1) is 0 Å². The number of hydrogen-bond acceptors (Lipinski definition) is 7. The smallest absolute Gasteiger partial charge is 0.255 e. The van der Waals surface area contributed by atoms with Crippen LogP contribution in [0.2, 0.25) is 0 Å². The lowest BCUT2D eigenvalue weighted by molar-refractivity contribution is -0.149. The van der Waals surface area contributed by atoms with Gasteiger partial charge in [-0.2, -0.15) is 0 Å². The molecule has 1 aromatic carbocycles. The van der Waals surface area contributed by atoms with Crippen LogP contribution in [0.25, 0.3) is 0 Å². The second kappa shape index (κ2) is 7.45. The van der Waals surface area contributed by atoms with E-state index in [0.717, 1.165) is 5.56 Å². The van der Waals surface area contributed by atoms with Crippen molar-refractivity contribution in [2.24, 2.45) is 29.4 Å². The van der Waals surface area contributed by atoms with Gasteiger partial charge < -0.3 is 26.2 Å². The molecule has 1 unspecified atom stereocenters. The van der Waals surface area contributed by atoms with Crippen molar-refractivity contribution in [1.82, 2.24) is 0 Å². The van der Waals surface area contributed by atoms with Gasteiger partial charge in [-0.05, 0) is 47.8 Å². The highest BCUT2D eigenvalue weighted by atomic mass is 16.3. The van der Waals surface area contributed by atoms with Crippen LogP contribution in [0.5, 0.6) is 5.75 Å². The lowest BCUT2D eigenvalue weighted by Gasteiger charge is -2.49. The number of rotatable bonds is 3. The van der Waals surface area contributed by atoms with Gasteiger partial charge in [-0.3, -0.25) is 14.4 Å². The van der Waals surface area contributed by atoms with Crippen molar-refractivity contribution in [1.29, 1.82) is 0 Å². The molecule has 0 saturated carbocycles. The third-order valence-electron chi connectivity index (χ3n) is 7.51. The Balaban J connectivity index is 1.98. The van der Waals surface area contributed by atoms with Crippen LogP contribution in [0.3, 0.4) is 0 Å². The second-order valence-electron chi connectivity index (χ2n) is 10.0. The molecule has 33 heavy (non-hydrogen) atoms. The van der Waals surface area contributed by atoms with Crippen molar-refractivity contribution in [3.63, 3.8) is 0 Å². The van der Waals surface area contributed by atoms with Gasteiger partial charge in [0.05, 0.1) is 5.56 Å². The first-order valence-corrected chi connectivity index (χ1v) is 11.2. The van der Waals surface area contributed by atoms with Gasteiger partial charge in [-0.1, -0.05) is 33.8 Å². The highest BCUT2D eigenvalue weighted by Crippen LogP contribution is 2.55. The summed E-state index contributed by atoms with van der Waals surface area (Å²) in [5.74, 6) is -7.18. The lowest BCUT2D eigenvalue weighted by Crippen LogP contribution is -2.60. The zero-order chi connectivity index (χ0) is 24.6. The van der Waals surface area contributed by atoms with Crippen LogP contribution in [-0.4, -0.2) is 43.5 Å². The molecule has 4 rings (SSSR count). The van der Waals surface area contributed by atoms with Crippen molar-refractivity contribution < 1.29 is 34.8 Å². The van der Waals surface area contributed by atoms with Crippen molar-refractivity contribution in [3.05, 3.63) is 51.5 Å². The lowest BCUT2D eigenvalue weighted by atomic mass is 9.55. The van der Waals surface area contributed by atoms with Crippen molar-refractivity contribution in [2.45, 2.75) is 52.1 Å². The number of phenols is 1. The Labute approximate surface area is 191 Å². The molecule has 1 amide bonds. The minimum atomic E-state index is -2.57. The van der Waals surface area contributed by atoms with Crippen LogP contribution in [-0.2, 0) is 16.0 Å². The first-order valence-electron chi connectivity index (χ1n) is 11.2. The molecule has 4 atom stereocenters. The number of carbonyl (C=O) groups is 3. The third kappa shape index (κ3) is 2.96. The Kier molecular flexibility index (Phi) is 5.20. The van der Waals surface area contributed by atoms with Crippen LogP contribution < -0.4 is 5.73 Å². The zero-order valence-corrected chi connectivity index (χ0v) is 19.0. The van der Waals surface area contributed by atoms with E-state index in [1.165, 1.54) is 6.07 Å². The molecular formula is C25H29NO7. The van der Waals surface area contributed by atoms with Gasteiger partial charge in [-0.25, -0.2) is 0 Å². The molecule has 8 nitrogen and oxygen atoms in total. The van der Waals surface area contributed by atoms with Crippen molar-refractivity contribution in [3.8, 4) is 5.75 Å². The van der Waals surface area contributed by atoms with Crippen LogP contribution in [0.1, 0.15) is 61.5 Å². The normalized spacial score (nSPS) is 29.4. The summed E-state index contributed by atoms with van der Waals surface area (Å²) in [5, 5.41) is 44.1. The number of nitrogens with two attached hydrogens (primary N) is 1. The molecule has 176 valence electrons. The summed E-state index contributed by atoms with van der Waals surface area (Å²) < 4.78 is 0. The maximum Gasteiger partial charge on any atom is 0.255 e. The summed E-state index contributed by atoms with van der Waals surface area (Å²) in [6.45, 7) is 7.48. The highest BCUT2D eigenvalue weighted by molar-refractivity contribution is 6.24. The van der Waals surface area contributed by atoms with E-state index in [4.69, 9.17) is 5.73 Å². The van der Waals surface area contributed by atoms with Crippen LogP contribution >= 0.6 is 0 Å². The van der Waals surface area contributed by atoms with Gasteiger partial charge in [0.1, 0.15) is 22.8 Å². The van der Waals surface area contributed by atoms with E-state index >= 15 is 0 Å². The number of carbonyl (C=O) groups excluding carboxylic acids is 3. The largest absolute Gasteiger partial charge is 0.511 e. The fourth-order valence-corrected chi connectivity index (χ4v) is 6.06. The number of allylic oxidation sites excluding steroid dienone is 2. The Morgan fingerprint density at radius 3 is 2.30 bits per heavy atom. The summed E-state index contributed by atoms with van der Waals surface area (Å²) in [7, 11) is 0. The number of hydrogen-bond donors (Lipinski definition) is 5. The minimum absolute atomic E-state index is 0.0539. The van der Waals surface area contributed by atoms with Gasteiger partial charge in [0.15, 0.2) is 11.4 Å². The summed E-state index contributed by atoms with van der Waals surface area (Å²) in [6, 6.07) is 3.20. The molecule has 1 aromatic rings.